The van der Waals surface area contributed by atoms with E-state index in [0.717, 1.165) is 16.5 Å². The van der Waals surface area contributed by atoms with Crippen molar-refractivity contribution in [3.05, 3.63) is 70.5 Å². The van der Waals surface area contributed by atoms with Crippen molar-refractivity contribution >= 4 is 16.6 Å². The first-order valence-corrected chi connectivity index (χ1v) is 6.31. The van der Waals surface area contributed by atoms with Crippen molar-refractivity contribution in [2.24, 2.45) is 0 Å². The lowest BCUT2D eigenvalue weighted by atomic mass is 10.1. The molecule has 3 N–H and O–H groups in total. The predicted octanol–water partition coefficient (Wildman–Crippen LogP) is 2.34. The standard InChI is InChI=1S/C16H14N2O2/c17-13-6-7-14-12(8-13)9-15(19)16(20)18(14)10-11-4-2-1-3-5-11/h1-9,19H,10,17H2. The van der Waals surface area contributed by atoms with Gasteiger partial charge >= 0.3 is 0 Å². The molecule has 0 aliphatic rings. The van der Waals surface area contributed by atoms with Crippen LogP contribution in [0.2, 0.25) is 0 Å². The maximum absolute atomic E-state index is 12.2. The summed E-state index contributed by atoms with van der Waals surface area (Å²) in [5.41, 5.74) is 7.70. The number of pyridine rings is 1. The Bertz CT molecular complexity index is 823. The summed E-state index contributed by atoms with van der Waals surface area (Å²) in [7, 11) is 0. The fourth-order valence-corrected chi connectivity index (χ4v) is 2.31. The van der Waals surface area contributed by atoms with Crippen molar-refractivity contribution < 1.29 is 5.11 Å². The molecule has 1 aromatic heterocycles. The molecule has 0 saturated carbocycles. The number of hydrogen-bond acceptors (Lipinski definition) is 3. The van der Waals surface area contributed by atoms with E-state index in [9.17, 15) is 9.90 Å². The van der Waals surface area contributed by atoms with E-state index < -0.39 is 5.56 Å². The van der Waals surface area contributed by atoms with Crippen molar-refractivity contribution in [3.63, 3.8) is 0 Å². The first kappa shape index (κ1) is 12.3. The minimum absolute atomic E-state index is 0.265. The Balaban J connectivity index is 2.23. The molecule has 0 amide bonds. The summed E-state index contributed by atoms with van der Waals surface area (Å²) in [6.45, 7) is 0.411. The van der Waals surface area contributed by atoms with Gasteiger partial charge in [0.2, 0.25) is 0 Å². The number of fused-ring (bicyclic) bond motifs is 1. The van der Waals surface area contributed by atoms with E-state index >= 15 is 0 Å². The second kappa shape index (κ2) is 4.74. The largest absolute Gasteiger partial charge is 0.503 e. The lowest BCUT2D eigenvalue weighted by molar-refractivity contribution is 0.462. The number of rotatable bonds is 2. The van der Waals surface area contributed by atoms with Crippen LogP contribution in [0.1, 0.15) is 5.56 Å². The van der Waals surface area contributed by atoms with Crippen molar-refractivity contribution in [1.82, 2.24) is 4.57 Å². The van der Waals surface area contributed by atoms with Crippen LogP contribution < -0.4 is 11.3 Å². The number of nitrogen functional groups attached to an aromatic ring is 1. The number of nitrogens with two attached hydrogens (primary N) is 1. The highest BCUT2D eigenvalue weighted by molar-refractivity contribution is 5.83. The number of benzene rings is 2. The topological polar surface area (TPSA) is 68.2 Å². The van der Waals surface area contributed by atoms with Crippen molar-refractivity contribution in [3.8, 4) is 5.75 Å². The smallest absolute Gasteiger partial charge is 0.293 e. The summed E-state index contributed by atoms with van der Waals surface area (Å²) in [6.07, 6.45) is 0. The van der Waals surface area contributed by atoms with E-state index in [-0.39, 0.29) is 5.75 Å². The van der Waals surface area contributed by atoms with Gasteiger partial charge in [-0.2, -0.15) is 0 Å². The van der Waals surface area contributed by atoms with Gasteiger partial charge in [-0.15, -0.1) is 0 Å². The van der Waals surface area contributed by atoms with Crippen LogP contribution in [0.4, 0.5) is 5.69 Å². The maximum Gasteiger partial charge on any atom is 0.293 e. The second-order valence-electron chi connectivity index (χ2n) is 4.72. The van der Waals surface area contributed by atoms with Gasteiger partial charge in [0.05, 0.1) is 12.1 Å². The molecule has 4 heteroatoms. The molecule has 0 radical (unpaired) electrons. The fraction of sp³-hybridized carbons (Fsp3) is 0.0625. The van der Waals surface area contributed by atoms with Crippen molar-refractivity contribution in [2.75, 3.05) is 5.73 Å². The zero-order valence-corrected chi connectivity index (χ0v) is 10.8. The number of hydrogen-bond donors (Lipinski definition) is 2. The molecule has 0 spiro atoms. The highest BCUT2D eigenvalue weighted by Crippen LogP contribution is 2.20. The van der Waals surface area contributed by atoms with E-state index in [4.69, 9.17) is 5.73 Å². The molecule has 0 atom stereocenters. The van der Waals surface area contributed by atoms with Gasteiger partial charge in [-0.1, -0.05) is 30.3 Å². The van der Waals surface area contributed by atoms with E-state index in [1.165, 1.54) is 6.07 Å². The van der Waals surface area contributed by atoms with Crippen LogP contribution in [0.25, 0.3) is 10.9 Å². The molecule has 0 unspecified atom stereocenters. The van der Waals surface area contributed by atoms with Crippen LogP contribution >= 0.6 is 0 Å². The van der Waals surface area contributed by atoms with Crippen molar-refractivity contribution in [1.29, 1.82) is 0 Å². The summed E-state index contributed by atoms with van der Waals surface area (Å²) >= 11 is 0. The normalized spacial score (nSPS) is 10.8. The highest BCUT2D eigenvalue weighted by Gasteiger charge is 2.09. The molecule has 3 aromatic rings. The number of aromatic hydroxyl groups is 1. The Morgan fingerprint density at radius 1 is 1.05 bits per heavy atom. The molecular weight excluding hydrogens is 252 g/mol. The van der Waals surface area contributed by atoms with Gasteiger partial charge < -0.3 is 15.4 Å². The van der Waals surface area contributed by atoms with Crippen molar-refractivity contribution in [2.45, 2.75) is 6.54 Å². The lowest BCUT2D eigenvalue weighted by Gasteiger charge is -2.11. The molecule has 100 valence electrons. The summed E-state index contributed by atoms with van der Waals surface area (Å²) in [6, 6.07) is 16.4. The molecule has 0 fully saturated rings. The van der Waals surface area contributed by atoms with E-state index in [0.29, 0.717) is 12.2 Å². The Labute approximate surface area is 115 Å². The highest BCUT2D eigenvalue weighted by atomic mass is 16.3. The minimum atomic E-state index is -0.397. The fourth-order valence-electron chi connectivity index (χ4n) is 2.31. The van der Waals surface area contributed by atoms with Crippen LogP contribution in [0.15, 0.2) is 59.4 Å². The Kier molecular flexibility index (Phi) is 2.91. The van der Waals surface area contributed by atoms with Gasteiger partial charge in [-0.05, 0) is 29.8 Å². The number of aromatic nitrogens is 1. The van der Waals surface area contributed by atoms with Crippen LogP contribution in [0.3, 0.4) is 0 Å². The maximum atomic E-state index is 12.2. The quantitative estimate of drug-likeness (QED) is 0.699. The van der Waals surface area contributed by atoms with Gasteiger partial charge in [0.1, 0.15) is 0 Å². The van der Waals surface area contributed by atoms with Crippen LogP contribution in [-0.4, -0.2) is 9.67 Å². The van der Waals surface area contributed by atoms with Crippen LogP contribution in [-0.2, 0) is 6.54 Å². The van der Waals surface area contributed by atoms with Gasteiger partial charge in [0.15, 0.2) is 5.75 Å². The molecule has 0 saturated heterocycles. The molecule has 20 heavy (non-hydrogen) atoms. The summed E-state index contributed by atoms with van der Waals surface area (Å²) in [5, 5.41) is 10.5. The molecule has 2 aromatic carbocycles. The Morgan fingerprint density at radius 2 is 1.80 bits per heavy atom. The first-order valence-electron chi connectivity index (χ1n) is 6.31. The zero-order valence-electron chi connectivity index (χ0n) is 10.8. The summed E-state index contributed by atoms with van der Waals surface area (Å²) in [4.78, 5) is 12.2. The molecule has 0 aliphatic heterocycles. The average Bonchev–Trinajstić information content (AvgIpc) is 2.45. The number of anilines is 1. The van der Waals surface area contributed by atoms with Gasteiger partial charge in [0.25, 0.3) is 5.56 Å². The predicted molar refractivity (Wildman–Crippen MR) is 79.8 cm³/mol. The van der Waals surface area contributed by atoms with Crippen LogP contribution in [0, 0.1) is 0 Å². The summed E-state index contributed by atoms with van der Waals surface area (Å²) < 4.78 is 1.56. The van der Waals surface area contributed by atoms with E-state index in [2.05, 4.69) is 0 Å². The molecule has 0 aliphatic carbocycles. The van der Waals surface area contributed by atoms with E-state index in [1.54, 1.807) is 22.8 Å². The zero-order chi connectivity index (χ0) is 14.1. The van der Waals surface area contributed by atoms with Gasteiger partial charge in [0, 0.05) is 11.1 Å². The molecular formula is C16H14N2O2. The third-order valence-corrected chi connectivity index (χ3v) is 3.28. The van der Waals surface area contributed by atoms with Crippen LogP contribution in [0.5, 0.6) is 5.75 Å². The van der Waals surface area contributed by atoms with Gasteiger partial charge in [-0.3, -0.25) is 4.79 Å². The third kappa shape index (κ3) is 2.12. The second-order valence-corrected chi connectivity index (χ2v) is 4.72. The minimum Gasteiger partial charge on any atom is -0.503 e. The molecule has 1 heterocycles. The SMILES string of the molecule is Nc1ccc2c(c1)cc(O)c(=O)n2Cc1ccccc1. The Hall–Kier alpha value is -2.75. The Morgan fingerprint density at radius 3 is 2.55 bits per heavy atom. The molecule has 4 nitrogen and oxygen atoms in total. The molecule has 0 bridgehead atoms. The molecule has 3 rings (SSSR count). The third-order valence-electron chi connectivity index (χ3n) is 3.28. The monoisotopic (exact) mass is 266 g/mol. The summed E-state index contributed by atoms with van der Waals surface area (Å²) in [5.74, 6) is -0.265. The average molecular weight is 266 g/mol. The first-order chi connectivity index (χ1) is 9.65. The van der Waals surface area contributed by atoms with E-state index in [1.807, 2.05) is 30.3 Å². The lowest BCUT2D eigenvalue weighted by Crippen LogP contribution is -2.20. The van der Waals surface area contributed by atoms with Gasteiger partial charge in [-0.25, -0.2) is 0 Å². The number of nitrogens with zero attached hydrogens (tertiary/aromatic N) is 1.